The maximum absolute atomic E-state index is 6.16. The highest BCUT2D eigenvalue weighted by atomic mass is 35.5. The molecule has 0 spiro atoms. The Bertz CT molecular complexity index is 871. The molecule has 3 rings (SSSR count). The fourth-order valence-electron chi connectivity index (χ4n) is 2.82. The van der Waals surface area contributed by atoms with E-state index in [-0.39, 0.29) is 6.10 Å². The van der Waals surface area contributed by atoms with Crippen molar-refractivity contribution in [3.8, 4) is 17.2 Å². The Morgan fingerprint density at radius 1 is 1.24 bits per heavy atom. The number of rotatable bonds is 6. The summed E-state index contributed by atoms with van der Waals surface area (Å²) < 4.78 is 22.2. The van der Waals surface area contributed by atoms with Gasteiger partial charge in [0.2, 0.25) is 0 Å². The van der Waals surface area contributed by atoms with Crippen LogP contribution in [0.5, 0.6) is 17.2 Å². The number of halogens is 2. The standard InChI is InChI=1S/C19H21Cl2N3O4S/c1-25-17-7-16(18(26-2)6-15(17)21)23-19(29)24-3-4-27-14(10-24)11-28-13-5-12(20)8-22-9-13/h5-9,14H,3-4,10-11H2,1-2H3,(H,23,29). The second kappa shape index (κ2) is 10.2. The van der Waals surface area contributed by atoms with Crippen molar-refractivity contribution in [2.24, 2.45) is 0 Å². The van der Waals surface area contributed by atoms with Crippen LogP contribution >= 0.6 is 35.4 Å². The zero-order chi connectivity index (χ0) is 20.8. The first-order valence-corrected chi connectivity index (χ1v) is 9.99. The second-order valence-electron chi connectivity index (χ2n) is 6.21. The molecule has 29 heavy (non-hydrogen) atoms. The molecule has 1 atom stereocenters. The molecule has 1 aromatic carbocycles. The molecule has 2 heterocycles. The fourth-order valence-corrected chi connectivity index (χ4v) is 3.49. The highest BCUT2D eigenvalue weighted by molar-refractivity contribution is 7.80. The Kier molecular flexibility index (Phi) is 7.60. The van der Waals surface area contributed by atoms with Crippen molar-refractivity contribution in [2.75, 3.05) is 45.8 Å². The maximum Gasteiger partial charge on any atom is 0.173 e. The summed E-state index contributed by atoms with van der Waals surface area (Å²) in [6.07, 6.45) is 3.01. The molecule has 156 valence electrons. The van der Waals surface area contributed by atoms with E-state index in [1.165, 1.54) is 0 Å². The lowest BCUT2D eigenvalue weighted by Crippen LogP contribution is -2.49. The van der Waals surface area contributed by atoms with Crippen LogP contribution in [0.4, 0.5) is 5.69 Å². The second-order valence-corrected chi connectivity index (χ2v) is 7.44. The van der Waals surface area contributed by atoms with E-state index in [1.54, 1.807) is 44.8 Å². The van der Waals surface area contributed by atoms with Gasteiger partial charge in [-0.05, 0) is 12.2 Å². The highest BCUT2D eigenvalue weighted by Gasteiger charge is 2.24. The lowest BCUT2D eigenvalue weighted by molar-refractivity contribution is -0.0280. The summed E-state index contributed by atoms with van der Waals surface area (Å²) in [5.74, 6) is 1.69. The number of thiocarbonyl (C=S) groups is 1. The van der Waals surface area contributed by atoms with Crippen LogP contribution in [0.25, 0.3) is 0 Å². The minimum atomic E-state index is -0.149. The Balaban J connectivity index is 1.61. The minimum absolute atomic E-state index is 0.149. The zero-order valence-corrected chi connectivity index (χ0v) is 18.3. The van der Waals surface area contributed by atoms with Crippen molar-refractivity contribution in [1.29, 1.82) is 0 Å². The van der Waals surface area contributed by atoms with E-state index in [9.17, 15) is 0 Å². The molecule has 10 heteroatoms. The first kappa shape index (κ1) is 21.7. The van der Waals surface area contributed by atoms with Gasteiger partial charge in [-0.15, -0.1) is 0 Å². The fraction of sp³-hybridized carbons (Fsp3) is 0.368. The maximum atomic E-state index is 6.16. The summed E-state index contributed by atoms with van der Waals surface area (Å²) in [5.41, 5.74) is 0.669. The smallest absolute Gasteiger partial charge is 0.173 e. The van der Waals surface area contributed by atoms with Crippen molar-refractivity contribution in [2.45, 2.75) is 6.10 Å². The number of nitrogens with one attached hydrogen (secondary N) is 1. The molecule has 0 saturated carbocycles. The van der Waals surface area contributed by atoms with Crippen molar-refractivity contribution in [1.82, 2.24) is 9.88 Å². The summed E-state index contributed by atoms with van der Waals surface area (Å²) in [4.78, 5) is 6.02. The monoisotopic (exact) mass is 457 g/mol. The van der Waals surface area contributed by atoms with Gasteiger partial charge in [0.05, 0.1) is 42.8 Å². The van der Waals surface area contributed by atoms with Crippen LogP contribution in [0.1, 0.15) is 0 Å². The molecule has 1 aromatic heterocycles. The molecule has 0 bridgehead atoms. The van der Waals surface area contributed by atoms with E-state index >= 15 is 0 Å². The van der Waals surface area contributed by atoms with Gasteiger partial charge in [0.25, 0.3) is 0 Å². The predicted molar refractivity (Wildman–Crippen MR) is 117 cm³/mol. The number of anilines is 1. The van der Waals surface area contributed by atoms with E-state index in [0.29, 0.717) is 64.4 Å². The van der Waals surface area contributed by atoms with Crippen LogP contribution in [-0.2, 0) is 4.74 Å². The van der Waals surface area contributed by atoms with Crippen molar-refractivity contribution in [3.63, 3.8) is 0 Å². The van der Waals surface area contributed by atoms with Gasteiger partial charge in [0, 0.05) is 37.5 Å². The Labute approximate surface area is 184 Å². The van der Waals surface area contributed by atoms with Gasteiger partial charge in [0.15, 0.2) is 5.11 Å². The molecular formula is C19H21Cl2N3O4S. The van der Waals surface area contributed by atoms with Crippen LogP contribution in [0.3, 0.4) is 0 Å². The lowest BCUT2D eigenvalue weighted by atomic mass is 10.2. The average Bonchev–Trinajstić information content (AvgIpc) is 2.73. The summed E-state index contributed by atoms with van der Waals surface area (Å²) in [5, 5.41) is 4.73. The molecule has 1 N–H and O–H groups in total. The third-order valence-corrected chi connectivity index (χ3v) is 5.12. The Morgan fingerprint density at radius 2 is 2.03 bits per heavy atom. The lowest BCUT2D eigenvalue weighted by Gasteiger charge is -2.34. The number of methoxy groups -OCH3 is 2. The Hall–Kier alpha value is -2.00. The third kappa shape index (κ3) is 5.76. The van der Waals surface area contributed by atoms with E-state index in [2.05, 4.69) is 10.3 Å². The van der Waals surface area contributed by atoms with Gasteiger partial charge in [-0.1, -0.05) is 23.2 Å². The molecule has 0 radical (unpaired) electrons. The predicted octanol–water partition coefficient (Wildman–Crippen LogP) is 3.88. The van der Waals surface area contributed by atoms with Crippen molar-refractivity contribution in [3.05, 3.63) is 40.6 Å². The molecule has 0 aliphatic carbocycles. The molecule has 7 nitrogen and oxygen atoms in total. The van der Waals surface area contributed by atoms with E-state index in [4.69, 9.17) is 54.4 Å². The van der Waals surface area contributed by atoms with Gasteiger partial charge in [0.1, 0.15) is 30.0 Å². The summed E-state index contributed by atoms with van der Waals surface area (Å²) in [6.45, 7) is 2.13. The summed E-state index contributed by atoms with van der Waals surface area (Å²) >= 11 is 17.7. The molecule has 1 aliphatic rings. The van der Waals surface area contributed by atoms with Gasteiger partial charge in [-0.25, -0.2) is 0 Å². The number of hydrogen-bond donors (Lipinski definition) is 1. The van der Waals surface area contributed by atoms with Crippen LogP contribution in [0.2, 0.25) is 10.0 Å². The molecule has 1 unspecified atom stereocenters. The van der Waals surface area contributed by atoms with Crippen LogP contribution in [-0.4, -0.2) is 61.6 Å². The van der Waals surface area contributed by atoms with Crippen molar-refractivity contribution < 1.29 is 18.9 Å². The highest BCUT2D eigenvalue weighted by Crippen LogP contribution is 2.36. The number of ether oxygens (including phenoxy) is 4. The topological polar surface area (TPSA) is 65.1 Å². The number of aromatic nitrogens is 1. The minimum Gasteiger partial charge on any atom is -0.495 e. The average molecular weight is 458 g/mol. The molecule has 0 amide bonds. The first-order valence-electron chi connectivity index (χ1n) is 8.82. The molecule has 2 aromatic rings. The van der Waals surface area contributed by atoms with E-state index in [0.717, 1.165) is 0 Å². The summed E-state index contributed by atoms with van der Waals surface area (Å²) in [6, 6.07) is 5.14. The number of pyridine rings is 1. The first-order chi connectivity index (χ1) is 14.0. The molecule has 1 saturated heterocycles. The number of nitrogens with zero attached hydrogens (tertiary/aromatic N) is 2. The van der Waals surface area contributed by atoms with Crippen LogP contribution < -0.4 is 19.5 Å². The van der Waals surface area contributed by atoms with Gasteiger partial charge < -0.3 is 29.2 Å². The number of benzene rings is 1. The van der Waals surface area contributed by atoms with Gasteiger partial charge in [-0.2, -0.15) is 0 Å². The largest absolute Gasteiger partial charge is 0.495 e. The van der Waals surface area contributed by atoms with E-state index in [1.807, 2.05) is 4.90 Å². The Morgan fingerprint density at radius 3 is 2.76 bits per heavy atom. The van der Waals surface area contributed by atoms with Gasteiger partial charge >= 0.3 is 0 Å². The SMILES string of the molecule is COc1cc(NC(=S)N2CCOC(COc3cncc(Cl)c3)C2)c(OC)cc1Cl. The third-order valence-electron chi connectivity index (χ3n) is 4.26. The van der Waals surface area contributed by atoms with E-state index < -0.39 is 0 Å². The summed E-state index contributed by atoms with van der Waals surface area (Å²) in [7, 11) is 3.12. The molecular weight excluding hydrogens is 437 g/mol. The molecule has 1 aliphatic heterocycles. The zero-order valence-electron chi connectivity index (χ0n) is 16.0. The normalized spacial score (nSPS) is 16.3. The van der Waals surface area contributed by atoms with Crippen LogP contribution in [0, 0.1) is 0 Å². The number of morpholine rings is 1. The van der Waals surface area contributed by atoms with Crippen LogP contribution in [0.15, 0.2) is 30.6 Å². The number of hydrogen-bond acceptors (Lipinski definition) is 6. The van der Waals surface area contributed by atoms with Gasteiger partial charge in [-0.3, -0.25) is 4.98 Å². The quantitative estimate of drug-likeness (QED) is 0.655. The molecule has 1 fully saturated rings. The van der Waals surface area contributed by atoms with Crippen molar-refractivity contribution >= 4 is 46.2 Å².